The van der Waals surface area contributed by atoms with Gasteiger partial charge in [0.15, 0.2) is 5.78 Å². The molecule has 0 unspecified atom stereocenters. The summed E-state index contributed by atoms with van der Waals surface area (Å²) < 4.78 is 1.26. The Labute approximate surface area is 192 Å². The molecule has 0 spiro atoms. The van der Waals surface area contributed by atoms with Crippen LogP contribution in [0.25, 0.3) is 22.1 Å². The average Bonchev–Trinajstić information content (AvgIpc) is 3.32. The van der Waals surface area contributed by atoms with E-state index in [1.165, 1.54) is 14.7 Å². The molecule has 1 aliphatic rings. The summed E-state index contributed by atoms with van der Waals surface area (Å²) in [6.07, 6.45) is 1.80. The Bertz CT molecular complexity index is 1320. The molecular weight excluding hydrogens is 503 g/mol. The van der Waals surface area contributed by atoms with Gasteiger partial charge in [-0.2, -0.15) is 10.5 Å². The van der Waals surface area contributed by atoms with Crippen LogP contribution in [0.1, 0.15) is 31.9 Å². The molecule has 0 N–H and O–H groups in total. The molecule has 0 atom stereocenters. The number of carbonyl (C=O) groups is 1. The zero-order valence-electron chi connectivity index (χ0n) is 16.3. The largest absolute Gasteiger partial charge is 0.289 e. The lowest BCUT2D eigenvalue weighted by atomic mass is 9.99. The molecule has 0 fully saturated rings. The molecule has 1 heterocycles. The zero-order valence-corrected chi connectivity index (χ0v) is 19.3. The van der Waals surface area contributed by atoms with Crippen molar-refractivity contribution in [3.8, 4) is 22.6 Å². The average molecular weight is 518 g/mol. The number of aryl methyl sites for hydroxylation is 2. The maximum Gasteiger partial charge on any atom is 0.194 e. The fraction of sp³-hybridized carbons (Fsp3) is 0.0800. The highest BCUT2D eigenvalue weighted by Gasteiger charge is 2.32. The summed E-state index contributed by atoms with van der Waals surface area (Å²) in [7, 11) is 0. The van der Waals surface area contributed by atoms with Crippen LogP contribution in [0.5, 0.6) is 0 Å². The van der Waals surface area contributed by atoms with Crippen LogP contribution in [0.4, 0.5) is 0 Å². The maximum atomic E-state index is 13.0. The lowest BCUT2D eigenvalue weighted by molar-refractivity contribution is 0.104. The van der Waals surface area contributed by atoms with Crippen LogP contribution in [-0.2, 0) is 0 Å². The minimum Gasteiger partial charge on any atom is -0.289 e. The first-order valence-electron chi connectivity index (χ1n) is 9.22. The Kier molecular flexibility index (Phi) is 5.42. The molecule has 144 valence electrons. The number of carbonyl (C=O) groups excluding carboxylic acids is 1. The number of fused-ring (bicyclic) bond motifs is 1. The number of thiophene rings is 1. The molecule has 5 heteroatoms. The Morgan fingerprint density at radius 2 is 1.63 bits per heavy atom. The molecule has 0 aliphatic heterocycles. The SMILES string of the molecule is Cc1cc(-c2ccc(/C=C3\C(=O)c4ccccc4C3=C(C#N)C#N)s2)cc(C)c1I. The van der Waals surface area contributed by atoms with Crippen molar-refractivity contribution in [3.05, 3.63) is 90.4 Å². The summed E-state index contributed by atoms with van der Waals surface area (Å²) in [4.78, 5) is 15.0. The first-order valence-corrected chi connectivity index (χ1v) is 11.1. The fourth-order valence-corrected chi connectivity index (χ4v) is 4.91. The summed E-state index contributed by atoms with van der Waals surface area (Å²) in [5.41, 5.74) is 5.58. The second-order valence-electron chi connectivity index (χ2n) is 7.03. The second kappa shape index (κ2) is 8.02. The van der Waals surface area contributed by atoms with E-state index in [0.29, 0.717) is 22.3 Å². The van der Waals surface area contributed by atoms with Gasteiger partial charge in [-0.25, -0.2) is 0 Å². The van der Waals surface area contributed by atoms with Crippen LogP contribution in [-0.4, -0.2) is 5.78 Å². The Morgan fingerprint density at radius 1 is 1.00 bits per heavy atom. The molecule has 30 heavy (non-hydrogen) atoms. The predicted molar refractivity (Wildman–Crippen MR) is 129 cm³/mol. The van der Waals surface area contributed by atoms with Crippen molar-refractivity contribution in [2.45, 2.75) is 13.8 Å². The fourth-order valence-electron chi connectivity index (χ4n) is 3.66. The number of rotatable bonds is 2. The summed E-state index contributed by atoms with van der Waals surface area (Å²) in [5, 5.41) is 18.9. The van der Waals surface area contributed by atoms with E-state index in [-0.39, 0.29) is 11.4 Å². The summed E-state index contributed by atoms with van der Waals surface area (Å²) in [6, 6.07) is 19.4. The highest BCUT2D eigenvalue weighted by molar-refractivity contribution is 14.1. The number of nitriles is 2. The van der Waals surface area contributed by atoms with Gasteiger partial charge in [-0.1, -0.05) is 24.3 Å². The van der Waals surface area contributed by atoms with Crippen molar-refractivity contribution in [2.75, 3.05) is 0 Å². The predicted octanol–water partition coefficient (Wildman–Crippen LogP) is 6.72. The van der Waals surface area contributed by atoms with Crippen LogP contribution in [0.2, 0.25) is 0 Å². The van der Waals surface area contributed by atoms with Gasteiger partial charge in [-0.15, -0.1) is 11.3 Å². The van der Waals surface area contributed by atoms with Gasteiger partial charge < -0.3 is 0 Å². The van der Waals surface area contributed by atoms with Crippen molar-refractivity contribution < 1.29 is 4.79 Å². The van der Waals surface area contributed by atoms with Crippen molar-refractivity contribution in [3.63, 3.8) is 0 Å². The molecule has 2 aromatic carbocycles. The zero-order chi connectivity index (χ0) is 21.4. The van der Waals surface area contributed by atoms with Crippen molar-refractivity contribution in [2.24, 2.45) is 0 Å². The first kappa shape index (κ1) is 20.3. The molecule has 0 bridgehead atoms. The van der Waals surface area contributed by atoms with E-state index < -0.39 is 0 Å². The molecule has 3 aromatic rings. The van der Waals surface area contributed by atoms with Gasteiger partial charge in [0.05, 0.1) is 0 Å². The third-order valence-electron chi connectivity index (χ3n) is 5.06. The van der Waals surface area contributed by atoms with E-state index in [1.54, 1.807) is 35.6 Å². The van der Waals surface area contributed by atoms with E-state index >= 15 is 0 Å². The minimum atomic E-state index is -0.153. The van der Waals surface area contributed by atoms with E-state index in [2.05, 4.69) is 48.6 Å². The third kappa shape index (κ3) is 3.41. The topological polar surface area (TPSA) is 64.7 Å². The third-order valence-corrected chi connectivity index (χ3v) is 7.85. The van der Waals surface area contributed by atoms with E-state index in [1.807, 2.05) is 30.3 Å². The number of benzene rings is 2. The van der Waals surface area contributed by atoms with Gasteiger partial charge in [-0.05, 0) is 89.0 Å². The molecule has 3 nitrogen and oxygen atoms in total. The molecular formula is C25H15IN2OS. The van der Waals surface area contributed by atoms with Crippen molar-refractivity contribution >= 4 is 51.4 Å². The van der Waals surface area contributed by atoms with E-state index in [9.17, 15) is 15.3 Å². The molecule has 4 rings (SSSR count). The van der Waals surface area contributed by atoms with Crippen LogP contribution in [0.15, 0.2) is 59.7 Å². The van der Waals surface area contributed by atoms with E-state index in [4.69, 9.17) is 0 Å². The Morgan fingerprint density at radius 3 is 2.27 bits per heavy atom. The molecule has 1 aliphatic carbocycles. The highest BCUT2D eigenvalue weighted by atomic mass is 127. The van der Waals surface area contributed by atoms with Crippen LogP contribution in [0, 0.1) is 40.1 Å². The monoisotopic (exact) mass is 518 g/mol. The molecule has 0 saturated carbocycles. The van der Waals surface area contributed by atoms with E-state index in [0.717, 1.165) is 15.3 Å². The number of ketones is 1. The highest BCUT2D eigenvalue weighted by Crippen LogP contribution is 2.41. The van der Waals surface area contributed by atoms with Gasteiger partial charge in [-0.3, -0.25) is 4.79 Å². The van der Waals surface area contributed by atoms with Crippen LogP contribution in [0.3, 0.4) is 0 Å². The number of hydrogen-bond acceptors (Lipinski definition) is 4. The second-order valence-corrected chi connectivity index (χ2v) is 9.23. The quantitative estimate of drug-likeness (QED) is 0.215. The normalized spacial score (nSPS) is 13.8. The van der Waals surface area contributed by atoms with Crippen molar-refractivity contribution in [1.82, 2.24) is 0 Å². The standard InChI is InChI=1S/C25H15IN2OS/c1-14-9-16(10-15(2)24(14)26)22-8-7-18(30-22)11-21-23(17(12-27)13-28)19-5-3-4-6-20(19)25(21)29/h3-11H,1-2H3/b21-11-. The molecule has 0 radical (unpaired) electrons. The summed E-state index contributed by atoms with van der Waals surface area (Å²) in [5.74, 6) is -0.153. The number of halogens is 1. The molecule has 0 amide bonds. The number of allylic oxidation sites excluding steroid dienone is 3. The Balaban J connectivity index is 1.83. The van der Waals surface area contributed by atoms with Gasteiger partial charge in [0, 0.05) is 30.0 Å². The Hall–Kier alpha value is -3.00. The number of nitrogens with zero attached hydrogens (tertiary/aromatic N) is 2. The minimum absolute atomic E-state index is 0.0415. The van der Waals surface area contributed by atoms with Crippen molar-refractivity contribution in [1.29, 1.82) is 10.5 Å². The maximum absolute atomic E-state index is 13.0. The van der Waals surface area contributed by atoms with Gasteiger partial charge in [0.2, 0.25) is 0 Å². The summed E-state index contributed by atoms with van der Waals surface area (Å²) in [6.45, 7) is 4.21. The van der Waals surface area contributed by atoms with Gasteiger partial charge >= 0.3 is 0 Å². The molecule has 0 saturated heterocycles. The summed E-state index contributed by atoms with van der Waals surface area (Å²) >= 11 is 3.95. The smallest absolute Gasteiger partial charge is 0.194 e. The molecule has 1 aromatic heterocycles. The van der Waals surface area contributed by atoms with Gasteiger partial charge in [0.1, 0.15) is 17.7 Å². The first-order chi connectivity index (χ1) is 14.4. The number of hydrogen-bond donors (Lipinski definition) is 0. The number of Topliss-reactive ketones (excluding diaryl/α,β-unsaturated/α-hetero) is 1. The van der Waals surface area contributed by atoms with Crippen LogP contribution >= 0.6 is 33.9 Å². The lowest BCUT2D eigenvalue weighted by Crippen LogP contribution is -1.95. The lowest BCUT2D eigenvalue weighted by Gasteiger charge is -2.06. The van der Waals surface area contributed by atoms with Crippen LogP contribution < -0.4 is 0 Å². The van der Waals surface area contributed by atoms with Gasteiger partial charge in [0.25, 0.3) is 0 Å².